The zero-order valence-electron chi connectivity index (χ0n) is 9.95. The average molecular weight is 370 g/mol. The molecule has 0 N–H and O–H groups in total. The normalized spacial score (nSPS) is 12.9. The second-order valence-electron chi connectivity index (χ2n) is 3.48. The summed E-state index contributed by atoms with van der Waals surface area (Å²) in [6.07, 6.45) is 0. The molecular formula is C12H13F2IO3. The number of hydrogen-bond acceptors (Lipinski definition) is 3. The third-order valence-electron chi connectivity index (χ3n) is 2.27. The van der Waals surface area contributed by atoms with Crippen molar-refractivity contribution >= 4 is 28.6 Å². The fraction of sp³-hybridized carbons (Fsp3) is 0.417. The number of carbonyl (C=O) groups is 1. The Morgan fingerprint density at radius 2 is 1.94 bits per heavy atom. The van der Waals surface area contributed by atoms with Crippen molar-refractivity contribution in [2.45, 2.75) is 16.8 Å². The molecule has 0 radical (unpaired) electrons. The third-order valence-corrected chi connectivity index (χ3v) is 3.78. The zero-order chi connectivity index (χ0) is 13.8. The van der Waals surface area contributed by atoms with Gasteiger partial charge in [-0.1, -0.05) is 34.7 Å². The molecule has 0 heterocycles. The van der Waals surface area contributed by atoms with E-state index in [0.29, 0.717) is 11.3 Å². The predicted molar refractivity (Wildman–Crippen MR) is 71.3 cm³/mol. The number of rotatable bonds is 5. The molecule has 1 atom stereocenters. The van der Waals surface area contributed by atoms with Crippen LogP contribution in [0.1, 0.15) is 16.4 Å². The first kappa shape index (κ1) is 15.1. The smallest absolute Gasteiger partial charge is 0.378 e. The molecule has 0 amide bonds. The lowest BCUT2D eigenvalue weighted by atomic mass is 10.1. The first-order chi connectivity index (χ1) is 8.43. The Balaban J connectivity index is 2.90. The van der Waals surface area contributed by atoms with E-state index in [1.54, 1.807) is 12.1 Å². The van der Waals surface area contributed by atoms with E-state index in [0.717, 1.165) is 0 Å². The zero-order valence-corrected chi connectivity index (χ0v) is 12.1. The van der Waals surface area contributed by atoms with Gasteiger partial charge in [0.1, 0.15) is 9.67 Å². The van der Waals surface area contributed by atoms with Crippen molar-refractivity contribution < 1.29 is 23.0 Å². The van der Waals surface area contributed by atoms with Crippen LogP contribution in [0.2, 0.25) is 0 Å². The molecule has 1 aromatic carbocycles. The van der Waals surface area contributed by atoms with Gasteiger partial charge < -0.3 is 9.47 Å². The van der Waals surface area contributed by atoms with Crippen LogP contribution in [0.25, 0.3) is 0 Å². The van der Waals surface area contributed by atoms with Crippen LogP contribution < -0.4 is 4.74 Å². The van der Waals surface area contributed by atoms with Gasteiger partial charge in [-0.3, -0.25) is 0 Å². The second-order valence-corrected chi connectivity index (χ2v) is 4.72. The summed E-state index contributed by atoms with van der Waals surface area (Å²) in [7, 11) is 1.49. The second kappa shape index (κ2) is 6.31. The average Bonchev–Trinajstić information content (AvgIpc) is 2.38. The van der Waals surface area contributed by atoms with Gasteiger partial charge in [-0.15, -0.1) is 0 Å². The minimum absolute atomic E-state index is 0.0691. The largest absolute Gasteiger partial charge is 0.497 e. The van der Waals surface area contributed by atoms with Crippen LogP contribution in [0.5, 0.6) is 5.75 Å². The number of carbonyl (C=O) groups excluding carboxylic acids is 1. The van der Waals surface area contributed by atoms with Gasteiger partial charge in [0.2, 0.25) is 0 Å². The Morgan fingerprint density at radius 1 is 1.39 bits per heavy atom. The molecule has 1 rings (SSSR count). The highest BCUT2D eigenvalue weighted by atomic mass is 127. The van der Waals surface area contributed by atoms with Crippen molar-refractivity contribution in [3.05, 3.63) is 29.8 Å². The first-order valence-electron chi connectivity index (χ1n) is 5.26. The molecular weight excluding hydrogens is 357 g/mol. The standard InChI is InChI=1S/C12H13F2IO3/c1-3-18-11(16)12(13,14)10(15)8-4-6-9(17-2)7-5-8/h4-7,10H,3H2,1-2H3. The van der Waals surface area contributed by atoms with E-state index in [2.05, 4.69) is 4.74 Å². The van der Waals surface area contributed by atoms with Crippen LogP contribution in [-0.4, -0.2) is 25.6 Å². The molecule has 100 valence electrons. The van der Waals surface area contributed by atoms with E-state index in [4.69, 9.17) is 4.74 Å². The molecule has 0 fully saturated rings. The molecule has 18 heavy (non-hydrogen) atoms. The molecule has 1 unspecified atom stereocenters. The van der Waals surface area contributed by atoms with Crippen LogP contribution >= 0.6 is 22.6 Å². The van der Waals surface area contributed by atoms with Crippen LogP contribution in [0.15, 0.2) is 24.3 Å². The van der Waals surface area contributed by atoms with Crippen molar-refractivity contribution in [3.8, 4) is 5.75 Å². The maximum absolute atomic E-state index is 13.8. The Labute approximate surface area is 118 Å². The topological polar surface area (TPSA) is 35.5 Å². The summed E-state index contributed by atoms with van der Waals surface area (Å²) in [5.74, 6) is -4.48. The summed E-state index contributed by atoms with van der Waals surface area (Å²) in [5.41, 5.74) is 0.342. The molecule has 0 aliphatic carbocycles. The lowest BCUT2D eigenvalue weighted by molar-refractivity contribution is -0.170. The molecule has 0 aromatic heterocycles. The van der Waals surface area contributed by atoms with Crippen molar-refractivity contribution in [1.82, 2.24) is 0 Å². The van der Waals surface area contributed by atoms with Gasteiger partial charge in [-0.25, -0.2) is 4.79 Å². The highest BCUT2D eigenvalue weighted by Crippen LogP contribution is 2.40. The lowest BCUT2D eigenvalue weighted by Crippen LogP contribution is -2.34. The molecule has 0 aliphatic heterocycles. The van der Waals surface area contributed by atoms with Gasteiger partial charge in [-0.05, 0) is 24.6 Å². The summed E-state index contributed by atoms with van der Waals surface area (Å²) in [6, 6.07) is 6.15. The lowest BCUT2D eigenvalue weighted by Gasteiger charge is -2.20. The number of hydrogen-bond donors (Lipinski definition) is 0. The monoisotopic (exact) mass is 370 g/mol. The number of methoxy groups -OCH3 is 1. The summed E-state index contributed by atoms with van der Waals surface area (Å²) in [5, 5.41) is 0. The molecule has 1 aromatic rings. The fourth-order valence-corrected chi connectivity index (χ4v) is 1.98. The molecule has 0 saturated heterocycles. The molecule has 6 heteroatoms. The summed E-state index contributed by atoms with van der Waals surface area (Å²) >= 11 is 1.54. The van der Waals surface area contributed by atoms with E-state index in [1.807, 2.05) is 0 Å². The van der Waals surface area contributed by atoms with E-state index < -0.39 is 15.8 Å². The SMILES string of the molecule is CCOC(=O)C(F)(F)C(I)c1ccc(OC)cc1. The van der Waals surface area contributed by atoms with Crippen molar-refractivity contribution in [3.63, 3.8) is 0 Å². The van der Waals surface area contributed by atoms with Crippen molar-refractivity contribution in [2.75, 3.05) is 13.7 Å². The quantitative estimate of drug-likeness (QED) is 0.453. The first-order valence-corrected chi connectivity index (χ1v) is 6.51. The molecule has 0 aliphatic rings. The number of benzene rings is 1. The third kappa shape index (κ3) is 3.30. The van der Waals surface area contributed by atoms with E-state index in [1.165, 1.54) is 48.8 Å². The van der Waals surface area contributed by atoms with Crippen LogP contribution in [0.3, 0.4) is 0 Å². The minimum atomic E-state index is -3.55. The van der Waals surface area contributed by atoms with Crippen LogP contribution in [0, 0.1) is 0 Å². The van der Waals surface area contributed by atoms with Crippen LogP contribution in [-0.2, 0) is 9.53 Å². The molecule has 3 nitrogen and oxygen atoms in total. The van der Waals surface area contributed by atoms with Gasteiger partial charge in [0, 0.05) is 0 Å². The fourth-order valence-electron chi connectivity index (χ4n) is 1.31. The Hall–Kier alpha value is -0.920. The van der Waals surface area contributed by atoms with E-state index >= 15 is 0 Å². The number of alkyl halides is 3. The van der Waals surface area contributed by atoms with E-state index in [9.17, 15) is 13.6 Å². The van der Waals surface area contributed by atoms with Gasteiger partial charge in [-0.2, -0.15) is 8.78 Å². The van der Waals surface area contributed by atoms with Crippen LogP contribution in [0.4, 0.5) is 8.78 Å². The Kier molecular flexibility index (Phi) is 5.30. The van der Waals surface area contributed by atoms with Crippen molar-refractivity contribution in [2.24, 2.45) is 0 Å². The maximum atomic E-state index is 13.8. The van der Waals surface area contributed by atoms with Gasteiger partial charge in [0.25, 0.3) is 0 Å². The Morgan fingerprint density at radius 3 is 2.39 bits per heavy atom. The highest BCUT2D eigenvalue weighted by molar-refractivity contribution is 14.1. The number of ether oxygens (including phenoxy) is 2. The number of esters is 1. The number of halogens is 3. The Bertz CT molecular complexity index is 406. The predicted octanol–water partition coefficient (Wildman–Crippen LogP) is 3.37. The maximum Gasteiger partial charge on any atom is 0.378 e. The molecule has 0 spiro atoms. The molecule has 0 bridgehead atoms. The van der Waals surface area contributed by atoms with Gasteiger partial charge in [0.15, 0.2) is 0 Å². The van der Waals surface area contributed by atoms with E-state index in [-0.39, 0.29) is 6.61 Å². The summed E-state index contributed by atoms with van der Waals surface area (Å²) < 4.78 is 35.5. The minimum Gasteiger partial charge on any atom is -0.497 e. The van der Waals surface area contributed by atoms with Gasteiger partial charge in [0.05, 0.1) is 13.7 Å². The highest BCUT2D eigenvalue weighted by Gasteiger charge is 2.48. The summed E-state index contributed by atoms with van der Waals surface area (Å²) in [4.78, 5) is 11.2. The van der Waals surface area contributed by atoms with Gasteiger partial charge >= 0.3 is 11.9 Å². The van der Waals surface area contributed by atoms with Crippen molar-refractivity contribution in [1.29, 1.82) is 0 Å². The molecule has 0 saturated carbocycles. The summed E-state index contributed by atoms with van der Waals surface area (Å²) in [6.45, 7) is 1.42.